The summed E-state index contributed by atoms with van der Waals surface area (Å²) in [5.74, 6) is 2.15. The van der Waals surface area contributed by atoms with Crippen LogP contribution in [-0.4, -0.2) is 40.6 Å². The number of hydrogen-bond acceptors (Lipinski definition) is 3. The van der Waals surface area contributed by atoms with E-state index in [0.717, 1.165) is 29.2 Å². The Labute approximate surface area is 118 Å². The standard InChI is InChI=1S/C14H20N2O2S/c1-10(17)11-3-5-12(6-4-11)15-14(18)16(2)13-7-8-19-9-13/h3-6,10,13,17H,7-9H2,1-2H3,(H,15,18). The number of benzene rings is 1. The van der Waals surface area contributed by atoms with Crippen molar-refractivity contribution in [2.24, 2.45) is 0 Å². The van der Waals surface area contributed by atoms with Crippen LogP contribution in [0.2, 0.25) is 0 Å². The van der Waals surface area contributed by atoms with Crippen LogP contribution in [0.1, 0.15) is 25.0 Å². The van der Waals surface area contributed by atoms with E-state index in [-0.39, 0.29) is 6.03 Å². The van der Waals surface area contributed by atoms with Gasteiger partial charge >= 0.3 is 6.03 Å². The summed E-state index contributed by atoms with van der Waals surface area (Å²) in [4.78, 5) is 13.9. The third-order valence-corrected chi connectivity index (χ3v) is 4.56. The number of carbonyl (C=O) groups excluding carboxylic acids is 1. The number of rotatable bonds is 3. The predicted octanol–water partition coefficient (Wildman–Crippen LogP) is 2.71. The van der Waals surface area contributed by atoms with E-state index in [2.05, 4.69) is 5.32 Å². The molecule has 2 amide bonds. The largest absolute Gasteiger partial charge is 0.389 e. The highest BCUT2D eigenvalue weighted by atomic mass is 32.2. The van der Waals surface area contributed by atoms with Crippen molar-refractivity contribution in [2.45, 2.75) is 25.5 Å². The third kappa shape index (κ3) is 3.64. The number of anilines is 1. The Morgan fingerprint density at radius 2 is 2.16 bits per heavy atom. The van der Waals surface area contributed by atoms with Gasteiger partial charge in [0.2, 0.25) is 0 Å². The van der Waals surface area contributed by atoms with Crippen LogP contribution in [-0.2, 0) is 0 Å². The van der Waals surface area contributed by atoms with Gasteiger partial charge in [-0.15, -0.1) is 0 Å². The van der Waals surface area contributed by atoms with Gasteiger partial charge in [-0.2, -0.15) is 11.8 Å². The van der Waals surface area contributed by atoms with E-state index in [4.69, 9.17) is 0 Å². The highest BCUT2D eigenvalue weighted by molar-refractivity contribution is 7.99. The Morgan fingerprint density at radius 3 is 2.68 bits per heavy atom. The van der Waals surface area contributed by atoms with E-state index in [1.54, 1.807) is 11.8 Å². The molecule has 0 aromatic heterocycles. The highest BCUT2D eigenvalue weighted by Crippen LogP contribution is 2.22. The van der Waals surface area contributed by atoms with Crippen molar-refractivity contribution in [2.75, 3.05) is 23.9 Å². The molecule has 0 spiro atoms. The van der Waals surface area contributed by atoms with Gasteiger partial charge in [-0.1, -0.05) is 12.1 Å². The van der Waals surface area contributed by atoms with Crippen molar-refractivity contribution in [3.8, 4) is 0 Å². The maximum atomic E-state index is 12.1. The SMILES string of the molecule is CC(O)c1ccc(NC(=O)N(C)C2CCSC2)cc1. The van der Waals surface area contributed by atoms with Gasteiger partial charge in [0, 0.05) is 24.5 Å². The first-order valence-electron chi connectivity index (χ1n) is 6.47. The van der Waals surface area contributed by atoms with Crippen LogP contribution < -0.4 is 5.32 Å². The summed E-state index contributed by atoms with van der Waals surface area (Å²) in [6.45, 7) is 1.72. The molecule has 2 unspecified atom stereocenters. The molecule has 2 N–H and O–H groups in total. The lowest BCUT2D eigenvalue weighted by Gasteiger charge is -2.24. The normalized spacial score (nSPS) is 20.1. The predicted molar refractivity (Wildman–Crippen MR) is 79.6 cm³/mol. The second kappa shape index (κ2) is 6.30. The molecule has 104 valence electrons. The van der Waals surface area contributed by atoms with E-state index in [9.17, 15) is 9.90 Å². The average molecular weight is 280 g/mol. The van der Waals surface area contributed by atoms with Crippen molar-refractivity contribution in [1.29, 1.82) is 0 Å². The Morgan fingerprint density at radius 1 is 1.47 bits per heavy atom. The Kier molecular flexibility index (Phi) is 4.71. The zero-order valence-corrected chi connectivity index (χ0v) is 12.1. The molecule has 0 aliphatic carbocycles. The minimum atomic E-state index is -0.483. The highest BCUT2D eigenvalue weighted by Gasteiger charge is 2.23. The summed E-state index contributed by atoms with van der Waals surface area (Å²) in [7, 11) is 1.84. The molecule has 0 radical (unpaired) electrons. The van der Waals surface area contributed by atoms with Crippen LogP contribution in [0.5, 0.6) is 0 Å². The Hall–Kier alpha value is -1.20. The van der Waals surface area contributed by atoms with Crippen LogP contribution in [0, 0.1) is 0 Å². The summed E-state index contributed by atoms with van der Waals surface area (Å²) in [5, 5.41) is 12.3. The van der Waals surface area contributed by atoms with E-state index >= 15 is 0 Å². The fraction of sp³-hybridized carbons (Fsp3) is 0.500. The fourth-order valence-electron chi connectivity index (χ4n) is 2.05. The maximum absolute atomic E-state index is 12.1. The number of amides is 2. The van der Waals surface area contributed by atoms with Crippen LogP contribution in [0.4, 0.5) is 10.5 Å². The van der Waals surface area contributed by atoms with Gasteiger partial charge in [-0.05, 0) is 36.8 Å². The molecule has 1 aromatic rings. The van der Waals surface area contributed by atoms with Crippen LogP contribution in [0.15, 0.2) is 24.3 Å². The molecular weight excluding hydrogens is 260 g/mol. The lowest BCUT2D eigenvalue weighted by molar-refractivity contribution is 0.199. The molecular formula is C14H20N2O2S. The molecule has 1 fully saturated rings. The second-order valence-corrected chi connectivity index (χ2v) is 6.01. The lowest BCUT2D eigenvalue weighted by atomic mass is 10.1. The van der Waals surface area contributed by atoms with E-state index in [1.165, 1.54) is 0 Å². The molecule has 0 bridgehead atoms. The van der Waals surface area contributed by atoms with Crippen LogP contribution >= 0.6 is 11.8 Å². The van der Waals surface area contributed by atoms with Gasteiger partial charge in [0.15, 0.2) is 0 Å². The summed E-state index contributed by atoms with van der Waals surface area (Å²) < 4.78 is 0. The van der Waals surface area contributed by atoms with Gasteiger partial charge < -0.3 is 15.3 Å². The average Bonchev–Trinajstić information content (AvgIpc) is 2.92. The summed E-state index contributed by atoms with van der Waals surface area (Å²) in [5.41, 5.74) is 1.60. The van der Waals surface area contributed by atoms with Crippen molar-refractivity contribution in [1.82, 2.24) is 4.90 Å². The molecule has 1 saturated heterocycles. The summed E-state index contributed by atoms with van der Waals surface area (Å²) in [6.07, 6.45) is 0.582. The monoisotopic (exact) mass is 280 g/mol. The molecule has 0 saturated carbocycles. The molecule has 1 heterocycles. The van der Waals surface area contributed by atoms with E-state index in [1.807, 2.05) is 43.1 Å². The van der Waals surface area contributed by atoms with Crippen molar-refractivity contribution < 1.29 is 9.90 Å². The number of aliphatic hydroxyl groups excluding tert-OH is 1. The third-order valence-electron chi connectivity index (χ3n) is 3.42. The number of aliphatic hydroxyl groups is 1. The number of urea groups is 1. The summed E-state index contributed by atoms with van der Waals surface area (Å²) >= 11 is 1.89. The van der Waals surface area contributed by atoms with Gasteiger partial charge in [-0.3, -0.25) is 0 Å². The molecule has 4 nitrogen and oxygen atoms in total. The van der Waals surface area contributed by atoms with E-state index in [0.29, 0.717) is 6.04 Å². The minimum Gasteiger partial charge on any atom is -0.389 e. The molecule has 1 aliphatic rings. The first-order valence-corrected chi connectivity index (χ1v) is 7.63. The van der Waals surface area contributed by atoms with Crippen LogP contribution in [0.25, 0.3) is 0 Å². The minimum absolute atomic E-state index is 0.0719. The van der Waals surface area contributed by atoms with Gasteiger partial charge in [0.1, 0.15) is 0 Å². The number of thioether (sulfide) groups is 1. The fourth-order valence-corrected chi connectivity index (χ4v) is 3.32. The van der Waals surface area contributed by atoms with Crippen LogP contribution in [0.3, 0.4) is 0 Å². The molecule has 1 aromatic carbocycles. The first-order chi connectivity index (χ1) is 9.08. The van der Waals surface area contributed by atoms with Crippen molar-refractivity contribution in [3.63, 3.8) is 0 Å². The quantitative estimate of drug-likeness (QED) is 0.895. The number of nitrogens with one attached hydrogen (secondary N) is 1. The number of carbonyl (C=O) groups is 1. The smallest absolute Gasteiger partial charge is 0.321 e. The first kappa shape index (κ1) is 14.2. The molecule has 19 heavy (non-hydrogen) atoms. The zero-order chi connectivity index (χ0) is 13.8. The lowest BCUT2D eigenvalue weighted by Crippen LogP contribution is -2.39. The van der Waals surface area contributed by atoms with Gasteiger partial charge in [-0.25, -0.2) is 4.79 Å². The number of nitrogens with zero attached hydrogens (tertiary/aromatic N) is 1. The topological polar surface area (TPSA) is 52.6 Å². The molecule has 1 aliphatic heterocycles. The van der Waals surface area contributed by atoms with E-state index < -0.39 is 6.10 Å². The molecule has 2 rings (SSSR count). The Balaban J connectivity index is 1.94. The summed E-state index contributed by atoms with van der Waals surface area (Å²) in [6, 6.07) is 7.55. The number of hydrogen-bond donors (Lipinski definition) is 2. The molecule has 5 heteroatoms. The maximum Gasteiger partial charge on any atom is 0.321 e. The van der Waals surface area contributed by atoms with Gasteiger partial charge in [0.05, 0.1) is 6.10 Å². The molecule has 2 atom stereocenters. The van der Waals surface area contributed by atoms with Crippen molar-refractivity contribution >= 4 is 23.5 Å². The second-order valence-electron chi connectivity index (χ2n) is 4.86. The van der Waals surface area contributed by atoms with Gasteiger partial charge in [0.25, 0.3) is 0 Å². The zero-order valence-electron chi connectivity index (χ0n) is 11.3. The van der Waals surface area contributed by atoms with Crippen molar-refractivity contribution in [3.05, 3.63) is 29.8 Å². The Bertz CT molecular complexity index is 428.